The average molecular weight is 671 g/mol. The quantitative estimate of drug-likeness (QED) is 0.184. The second kappa shape index (κ2) is 10.0. The number of thiophene rings is 2. The van der Waals surface area contributed by atoms with Crippen molar-refractivity contribution in [3.63, 3.8) is 0 Å². The van der Waals surface area contributed by atoms with E-state index in [1.54, 1.807) is 6.07 Å². The van der Waals surface area contributed by atoms with Crippen molar-refractivity contribution in [2.75, 3.05) is 0 Å². The first-order valence-electron chi connectivity index (χ1n) is 16.4. The summed E-state index contributed by atoms with van der Waals surface area (Å²) in [5.41, 5.74) is 6.55. The van der Waals surface area contributed by atoms with Gasteiger partial charge in [0.2, 0.25) is 0 Å². The maximum Gasteiger partial charge on any atom is 0.101 e. The molecule has 0 radical (unpaired) electrons. The van der Waals surface area contributed by atoms with Crippen molar-refractivity contribution in [3.05, 3.63) is 145 Å². The first-order chi connectivity index (χ1) is 24.7. The molecule has 0 unspecified atom stereocenters. The van der Waals surface area contributed by atoms with Crippen molar-refractivity contribution in [3.8, 4) is 23.5 Å². The molecule has 6 heteroatoms. The lowest BCUT2D eigenvalue weighted by Crippen LogP contribution is -2.07. The largest absolute Gasteiger partial charge is 0.307 e. The highest BCUT2D eigenvalue weighted by atomic mass is 32.1. The minimum absolute atomic E-state index is 0.445. The molecule has 11 aromatic rings. The Balaban J connectivity index is 1.36. The van der Waals surface area contributed by atoms with E-state index >= 15 is 0 Å². The first-order valence-corrected chi connectivity index (χ1v) is 18.0. The normalized spacial score (nSPS) is 12.0. The molecule has 0 bridgehead atoms. The van der Waals surface area contributed by atoms with E-state index in [0.29, 0.717) is 11.1 Å². The van der Waals surface area contributed by atoms with Crippen LogP contribution in [0, 0.1) is 22.7 Å². The molecule has 0 aliphatic carbocycles. The van der Waals surface area contributed by atoms with Gasteiger partial charge in [-0.1, -0.05) is 72.8 Å². The van der Waals surface area contributed by atoms with Crippen LogP contribution >= 0.6 is 22.7 Å². The van der Waals surface area contributed by atoms with Crippen molar-refractivity contribution in [2.45, 2.75) is 0 Å². The molecule has 50 heavy (non-hydrogen) atoms. The Morgan fingerprint density at radius 2 is 0.920 bits per heavy atom. The van der Waals surface area contributed by atoms with E-state index in [1.807, 2.05) is 28.7 Å². The summed E-state index contributed by atoms with van der Waals surface area (Å²) in [7, 11) is 0. The van der Waals surface area contributed by atoms with Gasteiger partial charge in [0, 0.05) is 61.9 Å². The predicted octanol–water partition coefficient (Wildman–Crippen LogP) is 12.4. The van der Waals surface area contributed by atoms with E-state index in [2.05, 4.69) is 143 Å². The van der Waals surface area contributed by atoms with Crippen molar-refractivity contribution in [1.29, 1.82) is 10.5 Å². The number of hydrogen-bond donors (Lipinski definition) is 0. The molecule has 0 saturated heterocycles. The molecule has 7 aromatic carbocycles. The molecule has 0 N–H and O–H groups in total. The number of para-hydroxylation sites is 2. The molecule has 11 rings (SSSR count). The van der Waals surface area contributed by atoms with E-state index in [9.17, 15) is 10.5 Å². The number of hydrogen-bond acceptors (Lipinski definition) is 4. The molecular formula is C44H22N4S2. The van der Waals surface area contributed by atoms with E-state index in [1.165, 1.54) is 51.1 Å². The maximum absolute atomic E-state index is 10.9. The van der Waals surface area contributed by atoms with Crippen LogP contribution in [0.15, 0.2) is 133 Å². The zero-order chi connectivity index (χ0) is 33.1. The molecule has 230 valence electrons. The van der Waals surface area contributed by atoms with Crippen LogP contribution < -0.4 is 0 Å². The zero-order valence-electron chi connectivity index (χ0n) is 26.3. The number of rotatable bonds is 2. The smallest absolute Gasteiger partial charge is 0.101 e. The molecule has 4 nitrogen and oxygen atoms in total. The topological polar surface area (TPSA) is 57.4 Å². The third kappa shape index (κ3) is 3.51. The highest BCUT2D eigenvalue weighted by molar-refractivity contribution is 7.26. The van der Waals surface area contributed by atoms with Gasteiger partial charge in [0.05, 0.1) is 50.6 Å². The van der Waals surface area contributed by atoms with E-state index in [-0.39, 0.29) is 0 Å². The Bertz CT molecular complexity index is 3360. The number of nitrogens with zero attached hydrogens (tertiary/aromatic N) is 4. The van der Waals surface area contributed by atoms with Crippen molar-refractivity contribution < 1.29 is 0 Å². The SMILES string of the molecule is N#Cc1cc(C#N)c(-n2c3ccccc3c3c4c(ccc32)sc2ccccc24)c(-n2c3ccccc3c3c4c(ccc32)sc2ccccc24)c1. The number of nitriles is 2. The molecule has 0 saturated carbocycles. The molecule has 0 fully saturated rings. The van der Waals surface area contributed by atoms with Crippen LogP contribution in [-0.4, -0.2) is 9.13 Å². The van der Waals surface area contributed by atoms with Crippen LogP contribution in [0.4, 0.5) is 0 Å². The lowest BCUT2D eigenvalue weighted by molar-refractivity contribution is 1.09. The summed E-state index contributed by atoms with van der Waals surface area (Å²) >= 11 is 3.62. The minimum Gasteiger partial charge on any atom is -0.307 e. The standard InChI is InChI=1S/C44H22N4S2/c45-23-25-21-26(24-46)44(48-32-14-6-2-10-28(32)41-34(48)18-20-39-43(41)30-12-4-8-16-37(30)50-39)35(22-25)47-31-13-5-1-9-27(31)40-33(47)17-19-38-42(40)29-11-3-7-15-36(29)49-38/h1-22H. The molecule has 0 aliphatic rings. The van der Waals surface area contributed by atoms with Crippen LogP contribution in [-0.2, 0) is 0 Å². The third-order valence-electron chi connectivity index (χ3n) is 10.2. The van der Waals surface area contributed by atoms with E-state index < -0.39 is 0 Å². The summed E-state index contributed by atoms with van der Waals surface area (Å²) in [6.07, 6.45) is 0. The van der Waals surface area contributed by atoms with E-state index in [0.717, 1.165) is 44.2 Å². The lowest BCUT2D eigenvalue weighted by atomic mass is 10.0. The first kappa shape index (κ1) is 27.5. The van der Waals surface area contributed by atoms with Crippen LogP contribution in [0.25, 0.3) is 95.3 Å². The van der Waals surface area contributed by atoms with Gasteiger partial charge in [0.15, 0.2) is 0 Å². The highest BCUT2D eigenvalue weighted by Crippen LogP contribution is 2.47. The Morgan fingerprint density at radius 1 is 0.420 bits per heavy atom. The summed E-state index contributed by atoms with van der Waals surface area (Å²) in [6, 6.07) is 51.6. The fraction of sp³-hybridized carbons (Fsp3) is 0. The minimum atomic E-state index is 0.445. The molecule has 0 atom stereocenters. The second-order valence-electron chi connectivity index (χ2n) is 12.7. The molecule has 0 spiro atoms. The van der Waals surface area contributed by atoms with Gasteiger partial charge in [-0.05, 0) is 60.7 Å². The molecular weight excluding hydrogens is 649 g/mol. The zero-order valence-corrected chi connectivity index (χ0v) is 27.9. The van der Waals surface area contributed by atoms with Crippen molar-refractivity contribution >= 4 is 107 Å². The Kier molecular flexibility index (Phi) is 5.52. The van der Waals surface area contributed by atoms with Gasteiger partial charge in [-0.25, -0.2) is 0 Å². The second-order valence-corrected chi connectivity index (χ2v) is 14.8. The van der Waals surface area contributed by atoms with E-state index in [4.69, 9.17) is 0 Å². The predicted molar refractivity (Wildman–Crippen MR) is 210 cm³/mol. The van der Waals surface area contributed by atoms with Gasteiger partial charge in [-0.15, -0.1) is 22.7 Å². The van der Waals surface area contributed by atoms with Gasteiger partial charge >= 0.3 is 0 Å². The van der Waals surface area contributed by atoms with Gasteiger partial charge < -0.3 is 9.13 Å². The molecule has 0 amide bonds. The Morgan fingerprint density at radius 3 is 1.48 bits per heavy atom. The Labute approximate surface area is 293 Å². The molecule has 0 aliphatic heterocycles. The van der Waals surface area contributed by atoms with Gasteiger partial charge in [-0.2, -0.15) is 10.5 Å². The highest BCUT2D eigenvalue weighted by Gasteiger charge is 2.25. The van der Waals surface area contributed by atoms with Crippen LogP contribution in [0.1, 0.15) is 11.1 Å². The average Bonchev–Trinajstić information content (AvgIpc) is 3.91. The molecule has 4 heterocycles. The number of aromatic nitrogens is 2. The third-order valence-corrected chi connectivity index (χ3v) is 12.4. The van der Waals surface area contributed by atoms with Gasteiger partial charge in [0.1, 0.15) is 6.07 Å². The van der Waals surface area contributed by atoms with Gasteiger partial charge in [-0.3, -0.25) is 0 Å². The fourth-order valence-corrected chi connectivity index (χ4v) is 10.5. The monoisotopic (exact) mass is 670 g/mol. The van der Waals surface area contributed by atoms with Crippen molar-refractivity contribution in [1.82, 2.24) is 9.13 Å². The summed E-state index contributed by atoms with van der Waals surface area (Å²) in [4.78, 5) is 0. The summed E-state index contributed by atoms with van der Waals surface area (Å²) in [5, 5.41) is 30.7. The van der Waals surface area contributed by atoms with Crippen LogP contribution in [0.2, 0.25) is 0 Å². The maximum atomic E-state index is 10.9. The molecule has 4 aromatic heterocycles. The number of benzene rings is 7. The Hall–Kier alpha value is -6.44. The summed E-state index contributed by atoms with van der Waals surface area (Å²) in [5.74, 6) is 0. The van der Waals surface area contributed by atoms with Crippen LogP contribution in [0.3, 0.4) is 0 Å². The van der Waals surface area contributed by atoms with Crippen LogP contribution in [0.5, 0.6) is 0 Å². The van der Waals surface area contributed by atoms with Gasteiger partial charge in [0.25, 0.3) is 0 Å². The summed E-state index contributed by atoms with van der Waals surface area (Å²) < 4.78 is 9.50. The summed E-state index contributed by atoms with van der Waals surface area (Å²) in [6.45, 7) is 0. The fourth-order valence-electron chi connectivity index (χ4n) is 8.22. The van der Waals surface area contributed by atoms with Crippen molar-refractivity contribution in [2.24, 2.45) is 0 Å². The number of fused-ring (bicyclic) bond motifs is 14. The lowest BCUT2D eigenvalue weighted by Gasteiger charge is -2.18.